The number of Topliss-reactive ketones (excluding diaryl/α,β-unsaturated/α-hetero) is 1. The van der Waals surface area contributed by atoms with E-state index in [2.05, 4.69) is 22.2 Å². The summed E-state index contributed by atoms with van der Waals surface area (Å²) in [5, 5.41) is 14.1. The number of carbonyl (C=O) groups excluding carboxylic acids is 1. The predicted octanol–water partition coefficient (Wildman–Crippen LogP) is 2.23. The number of aliphatic hydroxyl groups is 1. The molecule has 8 nitrogen and oxygen atoms in total. The molecule has 0 radical (unpaired) electrons. The van der Waals surface area contributed by atoms with E-state index in [0.717, 1.165) is 19.3 Å². The van der Waals surface area contributed by atoms with E-state index in [1.165, 1.54) is 6.92 Å². The maximum Gasteiger partial charge on any atom is 0.263 e. The third-order valence-electron chi connectivity index (χ3n) is 6.35. The van der Waals surface area contributed by atoms with Gasteiger partial charge in [-0.2, -0.15) is 4.98 Å². The molecule has 2 N–H and O–H groups in total. The highest BCUT2D eigenvalue weighted by molar-refractivity contribution is 5.99. The molecule has 4 atom stereocenters. The van der Waals surface area contributed by atoms with Gasteiger partial charge in [-0.1, -0.05) is 13.3 Å². The third kappa shape index (κ3) is 3.55. The molecular formula is C21H28N4O4. The lowest BCUT2D eigenvalue weighted by Crippen LogP contribution is -2.42. The smallest absolute Gasteiger partial charge is 0.263 e. The van der Waals surface area contributed by atoms with Gasteiger partial charge in [0.15, 0.2) is 5.78 Å². The fraction of sp³-hybridized carbons (Fsp3) is 0.619. The normalized spacial score (nSPS) is 27.3. The largest absolute Gasteiger partial charge is 0.389 e. The lowest BCUT2D eigenvalue weighted by molar-refractivity contribution is -0.0136. The van der Waals surface area contributed by atoms with E-state index in [4.69, 9.17) is 4.74 Å². The first kappa shape index (κ1) is 20.0. The minimum Gasteiger partial charge on any atom is -0.389 e. The number of anilines is 1. The van der Waals surface area contributed by atoms with E-state index in [1.54, 1.807) is 17.7 Å². The third-order valence-corrected chi connectivity index (χ3v) is 6.35. The van der Waals surface area contributed by atoms with Gasteiger partial charge in [0.05, 0.1) is 24.3 Å². The molecule has 1 aliphatic heterocycles. The average Bonchev–Trinajstić information content (AvgIpc) is 3.09. The van der Waals surface area contributed by atoms with Crippen LogP contribution in [0, 0.1) is 12.8 Å². The van der Waals surface area contributed by atoms with Gasteiger partial charge < -0.3 is 15.2 Å². The Bertz CT molecular complexity index is 1000. The molecule has 0 aromatic carbocycles. The number of ether oxygens (including phenoxy) is 1. The van der Waals surface area contributed by atoms with E-state index < -0.39 is 6.10 Å². The van der Waals surface area contributed by atoms with Crippen molar-refractivity contribution in [1.82, 2.24) is 14.5 Å². The first-order chi connectivity index (χ1) is 13.9. The SMILES string of the molecule is CC(=O)c1c(C)c2cnc(N[C@H]3CCOC[C@H]3O)nc2n([C@H]2CCC[C@H]2C)c1=O. The maximum absolute atomic E-state index is 13.3. The van der Waals surface area contributed by atoms with Crippen LogP contribution in [0.5, 0.6) is 0 Å². The molecule has 1 saturated carbocycles. The minimum absolute atomic E-state index is 0.0140. The van der Waals surface area contributed by atoms with Gasteiger partial charge in [0.25, 0.3) is 5.56 Å². The molecule has 1 aliphatic carbocycles. The molecule has 0 bridgehead atoms. The Morgan fingerprint density at radius 1 is 1.34 bits per heavy atom. The van der Waals surface area contributed by atoms with Crippen molar-refractivity contribution in [3.8, 4) is 0 Å². The van der Waals surface area contributed by atoms with Crippen LogP contribution >= 0.6 is 0 Å². The van der Waals surface area contributed by atoms with E-state index in [0.29, 0.717) is 41.5 Å². The molecule has 1 saturated heterocycles. The molecule has 4 rings (SSSR count). The van der Waals surface area contributed by atoms with Crippen LogP contribution in [0.4, 0.5) is 5.95 Å². The van der Waals surface area contributed by atoms with Gasteiger partial charge in [-0.05, 0) is 44.6 Å². The number of hydrogen-bond donors (Lipinski definition) is 2. The van der Waals surface area contributed by atoms with E-state index in [1.807, 2.05) is 0 Å². The summed E-state index contributed by atoms with van der Waals surface area (Å²) in [6.45, 7) is 6.19. The van der Waals surface area contributed by atoms with Gasteiger partial charge in [0.2, 0.25) is 5.95 Å². The van der Waals surface area contributed by atoms with Crippen LogP contribution in [-0.2, 0) is 4.74 Å². The van der Waals surface area contributed by atoms with Gasteiger partial charge in [-0.15, -0.1) is 0 Å². The Hall–Kier alpha value is -2.32. The molecule has 0 unspecified atom stereocenters. The zero-order valence-electron chi connectivity index (χ0n) is 17.1. The number of carbonyl (C=O) groups is 1. The maximum atomic E-state index is 13.3. The number of rotatable bonds is 4. The number of aromatic nitrogens is 3. The number of aryl methyl sites for hydroxylation is 1. The Morgan fingerprint density at radius 2 is 2.14 bits per heavy atom. The van der Waals surface area contributed by atoms with Gasteiger partial charge in [0.1, 0.15) is 5.65 Å². The molecule has 2 aromatic heterocycles. The van der Waals surface area contributed by atoms with Crippen LogP contribution in [-0.4, -0.2) is 50.8 Å². The summed E-state index contributed by atoms with van der Waals surface area (Å²) in [6.07, 6.45) is 4.68. The van der Waals surface area contributed by atoms with Crippen molar-refractivity contribution in [1.29, 1.82) is 0 Å². The van der Waals surface area contributed by atoms with Crippen molar-refractivity contribution in [3.05, 3.63) is 27.7 Å². The highest BCUT2D eigenvalue weighted by Gasteiger charge is 2.31. The Kier molecular flexibility index (Phi) is 5.40. The quantitative estimate of drug-likeness (QED) is 0.758. The summed E-state index contributed by atoms with van der Waals surface area (Å²) in [4.78, 5) is 34.7. The molecule has 2 fully saturated rings. The summed E-state index contributed by atoms with van der Waals surface area (Å²) in [5.74, 6) is 0.473. The van der Waals surface area contributed by atoms with Crippen LogP contribution in [0.25, 0.3) is 11.0 Å². The van der Waals surface area contributed by atoms with Crippen LogP contribution in [0.3, 0.4) is 0 Å². The molecule has 156 valence electrons. The molecule has 0 spiro atoms. The lowest BCUT2D eigenvalue weighted by atomic mass is 10.0. The molecule has 2 aromatic rings. The molecule has 29 heavy (non-hydrogen) atoms. The Labute approximate surface area is 169 Å². The van der Waals surface area contributed by atoms with Gasteiger partial charge in [-0.25, -0.2) is 4.98 Å². The summed E-state index contributed by atoms with van der Waals surface area (Å²) in [7, 11) is 0. The second kappa shape index (κ2) is 7.84. The molecule has 3 heterocycles. The summed E-state index contributed by atoms with van der Waals surface area (Å²) < 4.78 is 6.99. The first-order valence-electron chi connectivity index (χ1n) is 10.3. The van der Waals surface area contributed by atoms with E-state index in [-0.39, 0.29) is 35.6 Å². The van der Waals surface area contributed by atoms with Gasteiger partial charge >= 0.3 is 0 Å². The van der Waals surface area contributed by atoms with Crippen LogP contribution < -0.4 is 10.9 Å². The minimum atomic E-state index is -0.637. The molecule has 8 heteroatoms. The fourth-order valence-electron chi connectivity index (χ4n) is 4.69. The zero-order chi connectivity index (χ0) is 20.7. The summed E-state index contributed by atoms with van der Waals surface area (Å²) >= 11 is 0. The van der Waals surface area contributed by atoms with Gasteiger partial charge in [0, 0.05) is 24.2 Å². The number of aliphatic hydroxyl groups excluding tert-OH is 1. The predicted molar refractivity (Wildman–Crippen MR) is 109 cm³/mol. The van der Waals surface area contributed by atoms with Crippen molar-refractivity contribution in [2.45, 2.75) is 64.6 Å². The lowest BCUT2D eigenvalue weighted by Gasteiger charge is -2.28. The summed E-state index contributed by atoms with van der Waals surface area (Å²) in [6, 6.07) is -0.190. The second-order valence-electron chi connectivity index (χ2n) is 8.32. The monoisotopic (exact) mass is 400 g/mol. The number of nitrogens with one attached hydrogen (secondary N) is 1. The number of nitrogens with zero attached hydrogens (tertiary/aromatic N) is 3. The zero-order valence-corrected chi connectivity index (χ0v) is 17.1. The highest BCUT2D eigenvalue weighted by atomic mass is 16.5. The van der Waals surface area contributed by atoms with Crippen molar-refractivity contribution >= 4 is 22.8 Å². The standard InChI is InChI=1S/C21H28N4O4/c1-11-5-4-6-16(11)25-19-14(12(2)18(13(3)26)20(25)28)9-22-21(24-19)23-15-7-8-29-10-17(15)27/h9,11,15-17,27H,4-8,10H2,1-3H3,(H,22,23,24)/t11-,15+,16+,17-/m1/s1. The Balaban J connectivity index is 1.86. The van der Waals surface area contributed by atoms with Gasteiger partial charge in [-0.3, -0.25) is 14.2 Å². The van der Waals surface area contributed by atoms with E-state index >= 15 is 0 Å². The number of hydrogen-bond acceptors (Lipinski definition) is 7. The van der Waals surface area contributed by atoms with Crippen molar-refractivity contribution in [2.24, 2.45) is 5.92 Å². The van der Waals surface area contributed by atoms with Crippen LogP contribution in [0.2, 0.25) is 0 Å². The molecule has 0 amide bonds. The van der Waals surface area contributed by atoms with Crippen LogP contribution in [0.15, 0.2) is 11.0 Å². The average molecular weight is 400 g/mol. The summed E-state index contributed by atoms with van der Waals surface area (Å²) in [5.41, 5.74) is 1.13. The molecule has 2 aliphatic rings. The number of fused-ring (bicyclic) bond motifs is 1. The number of ketones is 1. The second-order valence-corrected chi connectivity index (χ2v) is 8.32. The van der Waals surface area contributed by atoms with Crippen molar-refractivity contribution in [3.63, 3.8) is 0 Å². The highest BCUT2D eigenvalue weighted by Crippen LogP contribution is 2.36. The number of pyridine rings is 1. The van der Waals surface area contributed by atoms with Crippen molar-refractivity contribution < 1.29 is 14.6 Å². The van der Waals surface area contributed by atoms with E-state index in [9.17, 15) is 14.7 Å². The molecular weight excluding hydrogens is 372 g/mol. The Morgan fingerprint density at radius 3 is 2.79 bits per heavy atom. The fourth-order valence-corrected chi connectivity index (χ4v) is 4.69. The van der Waals surface area contributed by atoms with Crippen LogP contribution in [0.1, 0.15) is 61.5 Å². The first-order valence-corrected chi connectivity index (χ1v) is 10.3. The van der Waals surface area contributed by atoms with Crippen molar-refractivity contribution in [2.75, 3.05) is 18.5 Å². The topological polar surface area (TPSA) is 106 Å².